The summed E-state index contributed by atoms with van der Waals surface area (Å²) in [5.74, 6) is -0.501. The summed E-state index contributed by atoms with van der Waals surface area (Å²) >= 11 is 3.15. The summed E-state index contributed by atoms with van der Waals surface area (Å²) in [4.78, 5) is 35.6. The average Bonchev–Trinajstić information content (AvgIpc) is 2.45. The van der Waals surface area contributed by atoms with Crippen molar-refractivity contribution in [3.05, 3.63) is 31.5 Å². The SMILES string of the molecule is CC(=O)OCn1cc(Br)c(=O)n([C@@H](C)CNC2(C)COC2)c1=O. The molecule has 1 atom stereocenters. The van der Waals surface area contributed by atoms with Gasteiger partial charge in [-0.1, -0.05) is 0 Å². The maximum absolute atomic E-state index is 12.5. The van der Waals surface area contributed by atoms with Gasteiger partial charge in [-0.3, -0.25) is 18.7 Å². The average molecular weight is 390 g/mol. The minimum Gasteiger partial charge on any atom is -0.444 e. The molecule has 0 saturated carbocycles. The van der Waals surface area contributed by atoms with Gasteiger partial charge in [0.2, 0.25) is 0 Å². The molecule has 23 heavy (non-hydrogen) atoms. The van der Waals surface area contributed by atoms with Crippen molar-refractivity contribution in [2.75, 3.05) is 19.8 Å². The summed E-state index contributed by atoms with van der Waals surface area (Å²) < 4.78 is 12.5. The van der Waals surface area contributed by atoms with Crippen molar-refractivity contribution in [1.82, 2.24) is 14.5 Å². The van der Waals surface area contributed by atoms with Crippen molar-refractivity contribution >= 4 is 21.9 Å². The van der Waals surface area contributed by atoms with Gasteiger partial charge in [-0.05, 0) is 29.8 Å². The molecule has 0 aliphatic carbocycles. The van der Waals surface area contributed by atoms with Gasteiger partial charge in [0, 0.05) is 19.7 Å². The Bertz CT molecular complexity index is 707. The van der Waals surface area contributed by atoms with Crippen LogP contribution in [0, 0.1) is 0 Å². The molecule has 1 aliphatic heterocycles. The van der Waals surface area contributed by atoms with Gasteiger partial charge in [0.1, 0.15) is 0 Å². The largest absolute Gasteiger partial charge is 0.444 e. The number of nitrogens with zero attached hydrogens (tertiary/aromatic N) is 2. The number of esters is 1. The maximum atomic E-state index is 12.5. The lowest BCUT2D eigenvalue weighted by Gasteiger charge is -2.39. The van der Waals surface area contributed by atoms with Crippen LogP contribution in [0.3, 0.4) is 0 Å². The minimum absolute atomic E-state index is 0.124. The van der Waals surface area contributed by atoms with Gasteiger partial charge in [0.05, 0.1) is 29.3 Å². The lowest BCUT2D eigenvalue weighted by molar-refractivity contribution is -0.144. The van der Waals surface area contributed by atoms with E-state index in [1.165, 1.54) is 17.7 Å². The monoisotopic (exact) mass is 389 g/mol. The van der Waals surface area contributed by atoms with Gasteiger partial charge in [-0.2, -0.15) is 0 Å². The zero-order chi connectivity index (χ0) is 17.2. The van der Waals surface area contributed by atoms with Crippen LogP contribution < -0.4 is 16.6 Å². The Morgan fingerprint density at radius 3 is 2.70 bits per heavy atom. The van der Waals surface area contributed by atoms with Crippen LogP contribution in [0.5, 0.6) is 0 Å². The zero-order valence-electron chi connectivity index (χ0n) is 13.3. The smallest absolute Gasteiger partial charge is 0.334 e. The molecule has 2 heterocycles. The number of hydrogen-bond donors (Lipinski definition) is 1. The van der Waals surface area contributed by atoms with Crippen LogP contribution in [0.1, 0.15) is 26.8 Å². The van der Waals surface area contributed by atoms with E-state index in [0.717, 1.165) is 4.57 Å². The second-order valence-electron chi connectivity index (χ2n) is 5.95. The standard InChI is InChI=1S/C14H20BrN3O5/c1-9(4-16-14(3)6-22-7-14)18-12(20)11(15)5-17(13(18)21)8-23-10(2)19/h5,9,16H,4,6-8H2,1-3H3/t9-/m0/s1. The first-order chi connectivity index (χ1) is 10.7. The van der Waals surface area contributed by atoms with Crippen LogP contribution in [0.25, 0.3) is 0 Å². The molecule has 1 saturated heterocycles. The highest BCUT2D eigenvalue weighted by atomic mass is 79.9. The highest BCUT2D eigenvalue weighted by molar-refractivity contribution is 9.10. The van der Waals surface area contributed by atoms with E-state index in [1.807, 2.05) is 6.92 Å². The summed E-state index contributed by atoms with van der Waals surface area (Å²) in [6.45, 7) is 6.46. The Labute approximate surface area is 141 Å². The predicted octanol–water partition coefficient (Wildman–Crippen LogP) is 0.233. The molecule has 8 nitrogen and oxygen atoms in total. The van der Waals surface area contributed by atoms with Gasteiger partial charge in [-0.15, -0.1) is 0 Å². The van der Waals surface area contributed by atoms with E-state index in [-0.39, 0.29) is 22.8 Å². The second kappa shape index (κ2) is 6.98. The summed E-state index contributed by atoms with van der Waals surface area (Å²) in [5.41, 5.74) is -1.07. The molecule has 2 rings (SSSR count). The molecule has 1 aromatic rings. The van der Waals surface area contributed by atoms with Gasteiger partial charge in [-0.25, -0.2) is 4.79 Å². The van der Waals surface area contributed by atoms with E-state index in [1.54, 1.807) is 6.92 Å². The second-order valence-corrected chi connectivity index (χ2v) is 6.81. The van der Waals surface area contributed by atoms with E-state index >= 15 is 0 Å². The summed E-state index contributed by atoms with van der Waals surface area (Å²) in [6.07, 6.45) is 1.32. The lowest BCUT2D eigenvalue weighted by Crippen LogP contribution is -2.59. The third-order valence-electron chi connectivity index (χ3n) is 3.66. The van der Waals surface area contributed by atoms with E-state index < -0.39 is 17.2 Å². The van der Waals surface area contributed by atoms with Crippen LogP contribution in [0.2, 0.25) is 0 Å². The van der Waals surface area contributed by atoms with Crippen molar-refractivity contribution in [1.29, 1.82) is 0 Å². The third-order valence-corrected chi connectivity index (χ3v) is 4.20. The van der Waals surface area contributed by atoms with Gasteiger partial charge >= 0.3 is 11.7 Å². The number of rotatable bonds is 6. The van der Waals surface area contributed by atoms with E-state index in [2.05, 4.69) is 21.2 Å². The Morgan fingerprint density at radius 1 is 1.52 bits per heavy atom. The normalized spacial score (nSPS) is 17.4. The first-order valence-corrected chi connectivity index (χ1v) is 8.00. The number of carbonyl (C=O) groups is 1. The fourth-order valence-corrected chi connectivity index (χ4v) is 2.66. The number of hydrogen-bond acceptors (Lipinski definition) is 6. The van der Waals surface area contributed by atoms with Gasteiger partial charge in [0.25, 0.3) is 5.56 Å². The molecule has 1 N–H and O–H groups in total. The molecule has 9 heteroatoms. The van der Waals surface area contributed by atoms with Crippen LogP contribution in [-0.2, 0) is 21.0 Å². The molecule has 128 valence electrons. The maximum Gasteiger partial charge on any atom is 0.334 e. The van der Waals surface area contributed by atoms with Crippen LogP contribution in [0.4, 0.5) is 0 Å². The Morgan fingerprint density at radius 2 is 2.17 bits per heavy atom. The van der Waals surface area contributed by atoms with Crippen molar-refractivity contribution in [2.24, 2.45) is 0 Å². The number of aromatic nitrogens is 2. The molecule has 1 fully saturated rings. The molecule has 0 unspecified atom stereocenters. The summed E-state index contributed by atoms with van der Waals surface area (Å²) in [5, 5.41) is 3.30. The molecule has 1 aliphatic rings. The molecule has 0 aromatic carbocycles. The lowest BCUT2D eigenvalue weighted by atomic mass is 10.0. The van der Waals surface area contributed by atoms with Crippen LogP contribution in [0.15, 0.2) is 20.3 Å². The minimum atomic E-state index is -0.524. The Hall–Kier alpha value is -1.45. The quantitative estimate of drug-likeness (QED) is 0.700. The third kappa shape index (κ3) is 4.10. The highest BCUT2D eigenvalue weighted by Crippen LogP contribution is 2.16. The molecular formula is C14H20BrN3O5. The van der Waals surface area contributed by atoms with E-state index in [9.17, 15) is 14.4 Å². The fraction of sp³-hybridized carbons (Fsp3) is 0.643. The zero-order valence-corrected chi connectivity index (χ0v) is 14.9. The first kappa shape index (κ1) is 17.9. The highest BCUT2D eigenvalue weighted by Gasteiger charge is 2.33. The molecule has 0 bridgehead atoms. The molecule has 0 spiro atoms. The van der Waals surface area contributed by atoms with Crippen molar-refractivity contribution < 1.29 is 14.3 Å². The summed E-state index contributed by atoms with van der Waals surface area (Å²) in [6, 6.07) is -0.367. The number of halogens is 1. The number of ether oxygens (including phenoxy) is 2. The molecule has 0 amide bonds. The summed E-state index contributed by atoms with van der Waals surface area (Å²) in [7, 11) is 0. The molecule has 1 aromatic heterocycles. The van der Waals surface area contributed by atoms with Crippen molar-refractivity contribution in [2.45, 2.75) is 39.1 Å². The Kier molecular flexibility index (Phi) is 5.43. The van der Waals surface area contributed by atoms with Crippen LogP contribution >= 0.6 is 15.9 Å². The van der Waals surface area contributed by atoms with Crippen molar-refractivity contribution in [3.63, 3.8) is 0 Å². The molecular weight excluding hydrogens is 370 g/mol. The molecule has 0 radical (unpaired) electrons. The Balaban J connectivity index is 2.23. The van der Waals surface area contributed by atoms with E-state index in [0.29, 0.717) is 19.8 Å². The van der Waals surface area contributed by atoms with Gasteiger partial charge < -0.3 is 14.8 Å². The number of nitrogens with one attached hydrogen (secondary N) is 1. The topological polar surface area (TPSA) is 91.6 Å². The first-order valence-electron chi connectivity index (χ1n) is 7.21. The number of carbonyl (C=O) groups excluding carboxylic acids is 1. The predicted molar refractivity (Wildman–Crippen MR) is 86.4 cm³/mol. The van der Waals surface area contributed by atoms with Gasteiger partial charge in [0.15, 0.2) is 6.73 Å². The fourth-order valence-electron chi connectivity index (χ4n) is 2.22. The van der Waals surface area contributed by atoms with Crippen molar-refractivity contribution in [3.8, 4) is 0 Å². The van der Waals surface area contributed by atoms with E-state index in [4.69, 9.17) is 9.47 Å². The van der Waals surface area contributed by atoms with Crippen LogP contribution in [-0.4, -0.2) is 40.4 Å².